The van der Waals surface area contributed by atoms with Gasteiger partial charge in [-0.3, -0.25) is 0 Å². The Morgan fingerprint density at radius 1 is 0.806 bits per heavy atom. The number of hydrogen-bond donors (Lipinski definition) is 1. The molecular formula is C29H50OS. The SMILES string of the molecule is CC(C)SCC[C@@H](C)[C@H]1CC[C@@]2(C)[C@@H]3CC[C@H]4C(C)(C)[C@@H](O)CCC45CC35CC[C@]12C. The summed E-state index contributed by atoms with van der Waals surface area (Å²) < 4.78 is 0. The van der Waals surface area contributed by atoms with E-state index in [-0.39, 0.29) is 11.5 Å². The molecule has 31 heavy (non-hydrogen) atoms. The maximum atomic E-state index is 10.8. The van der Waals surface area contributed by atoms with Gasteiger partial charge in [0.1, 0.15) is 0 Å². The van der Waals surface area contributed by atoms with Crippen molar-refractivity contribution in [3.05, 3.63) is 0 Å². The van der Waals surface area contributed by atoms with E-state index in [0.717, 1.165) is 35.3 Å². The minimum atomic E-state index is -0.0813. The van der Waals surface area contributed by atoms with Crippen molar-refractivity contribution in [3.63, 3.8) is 0 Å². The third-order valence-electron chi connectivity index (χ3n) is 12.9. The molecule has 5 saturated carbocycles. The molecule has 0 amide bonds. The van der Waals surface area contributed by atoms with Crippen LogP contribution < -0.4 is 0 Å². The van der Waals surface area contributed by atoms with Crippen LogP contribution >= 0.6 is 11.8 Å². The molecule has 0 radical (unpaired) electrons. The smallest absolute Gasteiger partial charge is 0.0594 e. The largest absolute Gasteiger partial charge is 0.393 e. The van der Waals surface area contributed by atoms with Gasteiger partial charge in [0.15, 0.2) is 0 Å². The molecule has 0 aliphatic heterocycles. The lowest BCUT2D eigenvalue weighted by Crippen LogP contribution is -2.57. The van der Waals surface area contributed by atoms with Gasteiger partial charge in [0.2, 0.25) is 0 Å². The lowest BCUT2D eigenvalue weighted by molar-refractivity contribution is -0.161. The van der Waals surface area contributed by atoms with Crippen molar-refractivity contribution in [1.29, 1.82) is 0 Å². The molecule has 5 fully saturated rings. The summed E-state index contributed by atoms with van der Waals surface area (Å²) in [6.07, 6.45) is 14.0. The number of aliphatic hydroxyl groups is 1. The topological polar surface area (TPSA) is 20.2 Å². The molecule has 0 saturated heterocycles. The summed E-state index contributed by atoms with van der Waals surface area (Å²) in [6, 6.07) is 0. The lowest BCUT2D eigenvalue weighted by atomic mass is 9.42. The first-order valence-electron chi connectivity index (χ1n) is 13.7. The monoisotopic (exact) mass is 446 g/mol. The van der Waals surface area contributed by atoms with Gasteiger partial charge in [-0.25, -0.2) is 0 Å². The predicted octanol–water partition coefficient (Wildman–Crippen LogP) is 7.95. The zero-order valence-corrected chi connectivity index (χ0v) is 22.4. The van der Waals surface area contributed by atoms with E-state index in [1.54, 1.807) is 0 Å². The van der Waals surface area contributed by atoms with E-state index < -0.39 is 0 Å². The molecule has 2 heteroatoms. The lowest BCUT2D eigenvalue weighted by Gasteiger charge is -2.63. The molecule has 1 N–H and O–H groups in total. The van der Waals surface area contributed by atoms with Crippen molar-refractivity contribution in [2.24, 2.45) is 50.7 Å². The first-order chi connectivity index (χ1) is 14.4. The third kappa shape index (κ3) is 2.85. The second-order valence-electron chi connectivity index (χ2n) is 14.2. The van der Waals surface area contributed by atoms with Gasteiger partial charge < -0.3 is 5.11 Å². The molecule has 5 rings (SSSR count). The Morgan fingerprint density at radius 2 is 1.48 bits per heavy atom. The van der Waals surface area contributed by atoms with Crippen LogP contribution in [0.15, 0.2) is 0 Å². The van der Waals surface area contributed by atoms with E-state index in [4.69, 9.17) is 0 Å². The highest BCUT2D eigenvalue weighted by Gasteiger charge is 2.82. The Morgan fingerprint density at radius 3 is 2.19 bits per heavy atom. The van der Waals surface area contributed by atoms with Crippen LogP contribution in [0.5, 0.6) is 0 Å². The molecule has 0 aromatic heterocycles. The Labute approximate surface area is 197 Å². The number of fused-ring (bicyclic) bond motifs is 2. The van der Waals surface area contributed by atoms with Gasteiger partial charge in [0, 0.05) is 0 Å². The quantitative estimate of drug-likeness (QED) is 0.462. The van der Waals surface area contributed by atoms with Crippen molar-refractivity contribution in [2.75, 3.05) is 5.75 Å². The van der Waals surface area contributed by atoms with Crippen molar-refractivity contribution in [2.45, 2.75) is 124 Å². The Kier molecular flexibility index (Phi) is 5.33. The van der Waals surface area contributed by atoms with Crippen LogP contribution in [0, 0.1) is 50.7 Å². The van der Waals surface area contributed by atoms with E-state index in [0.29, 0.717) is 21.7 Å². The number of aliphatic hydroxyl groups excluding tert-OH is 1. The Balaban J connectivity index is 1.39. The molecule has 178 valence electrons. The maximum Gasteiger partial charge on any atom is 0.0594 e. The van der Waals surface area contributed by atoms with E-state index in [1.165, 1.54) is 63.5 Å². The molecule has 2 unspecified atom stereocenters. The van der Waals surface area contributed by atoms with Gasteiger partial charge in [-0.1, -0.05) is 48.5 Å². The van der Waals surface area contributed by atoms with Crippen LogP contribution in [0.4, 0.5) is 0 Å². The van der Waals surface area contributed by atoms with Crippen molar-refractivity contribution in [3.8, 4) is 0 Å². The molecule has 5 aliphatic rings. The molecule has 2 spiro atoms. The second-order valence-corrected chi connectivity index (χ2v) is 15.9. The fourth-order valence-corrected chi connectivity index (χ4v) is 12.0. The van der Waals surface area contributed by atoms with Gasteiger partial charge in [-0.2, -0.15) is 11.8 Å². The molecule has 1 nitrogen and oxygen atoms in total. The standard InChI is InChI=1S/C29H50OS/c1-19(2)31-17-12-20(3)21-10-13-27(7)23-9-8-22-25(4,5)24(30)11-14-28(22)18-29(23,28)16-15-26(21,27)6/h19-24,30H,8-18H2,1-7H3/t20-,21-,22+,23+,24+,26-,27+,28?,29?/m1/s1. The van der Waals surface area contributed by atoms with Crippen LogP contribution in [0.2, 0.25) is 0 Å². The summed E-state index contributed by atoms with van der Waals surface area (Å²) in [5.41, 5.74) is 2.43. The highest BCUT2D eigenvalue weighted by molar-refractivity contribution is 7.99. The average Bonchev–Trinajstić information content (AvgIpc) is 3.27. The minimum Gasteiger partial charge on any atom is -0.393 e. The summed E-state index contributed by atoms with van der Waals surface area (Å²) in [6.45, 7) is 17.6. The maximum absolute atomic E-state index is 10.8. The normalized spacial score (nSPS) is 53.3. The summed E-state index contributed by atoms with van der Waals surface area (Å²) in [7, 11) is 0. The number of thioether (sulfide) groups is 1. The zero-order valence-electron chi connectivity index (χ0n) is 21.6. The molecule has 0 aromatic carbocycles. The van der Waals surface area contributed by atoms with Gasteiger partial charge in [-0.15, -0.1) is 0 Å². The van der Waals surface area contributed by atoms with Crippen molar-refractivity contribution < 1.29 is 5.11 Å². The predicted molar refractivity (Wildman–Crippen MR) is 134 cm³/mol. The van der Waals surface area contributed by atoms with Gasteiger partial charge in [0.25, 0.3) is 0 Å². The summed E-state index contributed by atoms with van der Waals surface area (Å²) in [5, 5.41) is 11.6. The van der Waals surface area contributed by atoms with E-state index in [9.17, 15) is 5.11 Å². The molecule has 0 bridgehead atoms. The van der Waals surface area contributed by atoms with Crippen LogP contribution in [-0.4, -0.2) is 22.2 Å². The Hall–Kier alpha value is 0.310. The fraction of sp³-hybridized carbons (Fsp3) is 1.00. The molecule has 9 atom stereocenters. The van der Waals surface area contributed by atoms with Gasteiger partial charge >= 0.3 is 0 Å². The average molecular weight is 447 g/mol. The first-order valence-corrected chi connectivity index (χ1v) is 14.8. The second kappa shape index (κ2) is 7.16. The molecule has 5 aliphatic carbocycles. The van der Waals surface area contributed by atoms with Crippen LogP contribution in [0.25, 0.3) is 0 Å². The van der Waals surface area contributed by atoms with Crippen molar-refractivity contribution in [1.82, 2.24) is 0 Å². The molecular weight excluding hydrogens is 396 g/mol. The van der Waals surface area contributed by atoms with Crippen LogP contribution in [0.3, 0.4) is 0 Å². The highest BCUT2D eigenvalue weighted by Crippen LogP contribution is 2.89. The van der Waals surface area contributed by atoms with Gasteiger partial charge in [0.05, 0.1) is 6.10 Å². The number of hydrogen-bond acceptors (Lipinski definition) is 2. The first kappa shape index (κ1) is 23.1. The van der Waals surface area contributed by atoms with E-state index in [2.05, 4.69) is 60.2 Å². The zero-order chi connectivity index (χ0) is 22.4. The van der Waals surface area contributed by atoms with Gasteiger partial charge in [-0.05, 0) is 126 Å². The Bertz CT molecular complexity index is 716. The third-order valence-corrected chi connectivity index (χ3v) is 14.0. The van der Waals surface area contributed by atoms with Crippen LogP contribution in [-0.2, 0) is 0 Å². The minimum absolute atomic E-state index is 0.0813. The molecule has 0 heterocycles. The van der Waals surface area contributed by atoms with Crippen molar-refractivity contribution >= 4 is 11.8 Å². The summed E-state index contributed by atoms with van der Waals surface area (Å²) in [5.74, 6) is 4.86. The molecule has 0 aromatic rings. The summed E-state index contributed by atoms with van der Waals surface area (Å²) >= 11 is 2.16. The fourth-order valence-electron chi connectivity index (χ4n) is 11.0. The number of rotatable bonds is 5. The summed E-state index contributed by atoms with van der Waals surface area (Å²) in [4.78, 5) is 0. The highest BCUT2D eigenvalue weighted by atomic mass is 32.2. The van der Waals surface area contributed by atoms with E-state index in [1.807, 2.05) is 0 Å². The van der Waals surface area contributed by atoms with Crippen LogP contribution in [0.1, 0.15) is 113 Å². The van der Waals surface area contributed by atoms with E-state index >= 15 is 0 Å².